The summed E-state index contributed by atoms with van der Waals surface area (Å²) in [6.45, 7) is 17.0. The van der Waals surface area contributed by atoms with Gasteiger partial charge in [0.2, 0.25) is 0 Å². The summed E-state index contributed by atoms with van der Waals surface area (Å²) in [6, 6.07) is 8.80. The fourth-order valence-corrected chi connectivity index (χ4v) is 2.60. The molecule has 20 heavy (non-hydrogen) atoms. The SMILES string of the molecule is C=CCN(c1ccc(Br)cc1)C(CC(=C)C)CC(=C)C. The predicted molar refractivity (Wildman–Crippen MR) is 94.3 cm³/mol. The summed E-state index contributed by atoms with van der Waals surface area (Å²) in [6.07, 6.45) is 3.89. The van der Waals surface area contributed by atoms with Gasteiger partial charge in [0, 0.05) is 22.7 Å². The molecule has 0 fully saturated rings. The number of rotatable bonds is 8. The van der Waals surface area contributed by atoms with Gasteiger partial charge in [-0.15, -0.1) is 19.7 Å². The normalized spacial score (nSPS) is 10.4. The van der Waals surface area contributed by atoms with Gasteiger partial charge in [0.05, 0.1) is 0 Å². The molecule has 0 atom stereocenters. The molecule has 0 heterocycles. The first kappa shape index (κ1) is 16.8. The van der Waals surface area contributed by atoms with Crippen molar-refractivity contribution in [3.63, 3.8) is 0 Å². The van der Waals surface area contributed by atoms with Crippen LogP contribution in [0.25, 0.3) is 0 Å². The molecular formula is C18H24BrN. The first-order valence-corrected chi connectivity index (χ1v) is 7.65. The second kappa shape index (κ2) is 8.11. The van der Waals surface area contributed by atoms with Crippen LogP contribution in [0.2, 0.25) is 0 Å². The van der Waals surface area contributed by atoms with Crippen LogP contribution in [-0.4, -0.2) is 12.6 Å². The Balaban J connectivity index is 3.04. The highest BCUT2D eigenvalue weighted by Crippen LogP contribution is 2.25. The molecule has 0 aliphatic rings. The third-order valence-electron chi connectivity index (χ3n) is 3.09. The number of benzene rings is 1. The molecule has 0 aromatic heterocycles. The monoisotopic (exact) mass is 333 g/mol. The zero-order valence-corrected chi connectivity index (χ0v) is 14.1. The average Bonchev–Trinajstić information content (AvgIpc) is 2.35. The number of hydrogen-bond donors (Lipinski definition) is 0. The number of anilines is 1. The molecule has 1 aromatic rings. The third-order valence-corrected chi connectivity index (χ3v) is 3.62. The van der Waals surface area contributed by atoms with E-state index in [4.69, 9.17) is 0 Å². The fraction of sp³-hybridized carbons (Fsp3) is 0.333. The van der Waals surface area contributed by atoms with Gasteiger partial charge < -0.3 is 4.90 Å². The minimum absolute atomic E-state index is 0.379. The Bertz CT molecular complexity index is 457. The molecule has 0 N–H and O–H groups in total. The first-order chi connectivity index (χ1) is 9.43. The van der Waals surface area contributed by atoms with Crippen LogP contribution in [0.15, 0.2) is 65.7 Å². The lowest BCUT2D eigenvalue weighted by atomic mass is 9.99. The van der Waals surface area contributed by atoms with Crippen molar-refractivity contribution in [3.8, 4) is 0 Å². The van der Waals surface area contributed by atoms with Crippen molar-refractivity contribution in [2.24, 2.45) is 0 Å². The van der Waals surface area contributed by atoms with Gasteiger partial charge in [0.1, 0.15) is 0 Å². The van der Waals surface area contributed by atoms with Crippen LogP contribution >= 0.6 is 15.9 Å². The first-order valence-electron chi connectivity index (χ1n) is 6.86. The molecule has 2 heteroatoms. The van der Waals surface area contributed by atoms with Crippen LogP contribution in [0.1, 0.15) is 26.7 Å². The van der Waals surface area contributed by atoms with Crippen LogP contribution in [0, 0.1) is 0 Å². The fourth-order valence-electron chi connectivity index (χ4n) is 2.33. The average molecular weight is 334 g/mol. The van der Waals surface area contributed by atoms with Crippen LogP contribution in [0.4, 0.5) is 5.69 Å². The van der Waals surface area contributed by atoms with Crippen molar-refractivity contribution >= 4 is 21.6 Å². The topological polar surface area (TPSA) is 3.24 Å². The van der Waals surface area contributed by atoms with Crippen molar-refractivity contribution in [1.82, 2.24) is 0 Å². The zero-order chi connectivity index (χ0) is 15.1. The van der Waals surface area contributed by atoms with Gasteiger partial charge in [-0.1, -0.05) is 33.2 Å². The highest BCUT2D eigenvalue weighted by Gasteiger charge is 2.18. The minimum atomic E-state index is 0.379. The zero-order valence-electron chi connectivity index (χ0n) is 12.5. The van der Waals surface area contributed by atoms with E-state index in [2.05, 4.69) is 78.7 Å². The molecule has 0 saturated carbocycles. The smallest absolute Gasteiger partial charge is 0.0372 e. The molecule has 0 spiro atoms. The molecule has 1 rings (SSSR count). The van der Waals surface area contributed by atoms with E-state index in [-0.39, 0.29) is 0 Å². The lowest BCUT2D eigenvalue weighted by Crippen LogP contribution is -2.36. The van der Waals surface area contributed by atoms with E-state index in [1.165, 1.54) is 16.8 Å². The van der Waals surface area contributed by atoms with Crippen LogP contribution in [0.5, 0.6) is 0 Å². The molecule has 1 nitrogen and oxygen atoms in total. The molecule has 0 aliphatic carbocycles. The van der Waals surface area contributed by atoms with Crippen molar-refractivity contribution in [2.75, 3.05) is 11.4 Å². The van der Waals surface area contributed by atoms with E-state index in [0.717, 1.165) is 23.9 Å². The van der Waals surface area contributed by atoms with Crippen LogP contribution in [0.3, 0.4) is 0 Å². The summed E-state index contributed by atoms with van der Waals surface area (Å²) in [5.74, 6) is 0. The van der Waals surface area contributed by atoms with Gasteiger partial charge in [0.15, 0.2) is 0 Å². The Labute approximate surface area is 131 Å². The van der Waals surface area contributed by atoms with Gasteiger partial charge in [-0.25, -0.2) is 0 Å². The second-order valence-electron chi connectivity index (χ2n) is 5.39. The molecule has 0 bridgehead atoms. The molecule has 0 amide bonds. The van der Waals surface area contributed by atoms with Crippen LogP contribution in [-0.2, 0) is 0 Å². The number of hydrogen-bond acceptors (Lipinski definition) is 1. The Morgan fingerprint density at radius 2 is 1.65 bits per heavy atom. The van der Waals surface area contributed by atoms with E-state index < -0.39 is 0 Å². The lowest BCUT2D eigenvalue weighted by Gasteiger charge is -2.33. The van der Waals surface area contributed by atoms with Crippen molar-refractivity contribution in [2.45, 2.75) is 32.7 Å². The van der Waals surface area contributed by atoms with E-state index in [9.17, 15) is 0 Å². The highest BCUT2D eigenvalue weighted by atomic mass is 79.9. The summed E-state index contributed by atoms with van der Waals surface area (Å²) in [5.41, 5.74) is 3.60. The standard InChI is InChI=1S/C18H24BrN/c1-6-11-20(17-9-7-16(19)8-10-17)18(12-14(2)3)13-15(4)5/h6-10,18H,1-2,4,11-13H2,3,5H3. The van der Waals surface area contributed by atoms with E-state index in [1.54, 1.807) is 0 Å². The molecule has 0 aliphatic heterocycles. The maximum absolute atomic E-state index is 4.06. The van der Waals surface area contributed by atoms with Gasteiger partial charge in [-0.05, 0) is 51.0 Å². The van der Waals surface area contributed by atoms with Gasteiger partial charge in [0.25, 0.3) is 0 Å². The summed E-state index contributed by atoms with van der Waals surface area (Å²) in [5, 5.41) is 0. The summed E-state index contributed by atoms with van der Waals surface area (Å²) < 4.78 is 1.09. The Hall–Kier alpha value is -1.28. The second-order valence-corrected chi connectivity index (χ2v) is 6.31. The Morgan fingerprint density at radius 1 is 1.15 bits per heavy atom. The van der Waals surface area contributed by atoms with Crippen LogP contribution < -0.4 is 4.90 Å². The minimum Gasteiger partial charge on any atom is -0.364 e. The van der Waals surface area contributed by atoms with Gasteiger partial charge >= 0.3 is 0 Å². The summed E-state index contributed by atoms with van der Waals surface area (Å²) in [4.78, 5) is 2.38. The molecule has 0 radical (unpaired) electrons. The van der Waals surface area contributed by atoms with Gasteiger partial charge in [-0.3, -0.25) is 0 Å². The molecule has 0 unspecified atom stereocenters. The lowest BCUT2D eigenvalue weighted by molar-refractivity contribution is 0.599. The maximum atomic E-state index is 4.06. The van der Waals surface area contributed by atoms with Crippen molar-refractivity contribution in [3.05, 3.63) is 65.7 Å². The van der Waals surface area contributed by atoms with E-state index in [0.29, 0.717) is 6.04 Å². The molecular weight excluding hydrogens is 310 g/mol. The third kappa shape index (κ3) is 5.38. The molecule has 108 valence electrons. The number of halogens is 1. The van der Waals surface area contributed by atoms with Gasteiger partial charge in [-0.2, -0.15) is 0 Å². The number of nitrogens with zero attached hydrogens (tertiary/aromatic N) is 1. The summed E-state index contributed by atoms with van der Waals surface area (Å²) in [7, 11) is 0. The Morgan fingerprint density at radius 3 is 2.05 bits per heavy atom. The van der Waals surface area contributed by atoms with E-state index >= 15 is 0 Å². The summed E-state index contributed by atoms with van der Waals surface area (Å²) >= 11 is 3.48. The largest absolute Gasteiger partial charge is 0.364 e. The molecule has 1 aromatic carbocycles. The predicted octanol–water partition coefficient (Wildman–Crippen LogP) is 5.74. The molecule has 0 saturated heterocycles. The quantitative estimate of drug-likeness (QED) is 0.548. The van der Waals surface area contributed by atoms with Crippen molar-refractivity contribution in [1.29, 1.82) is 0 Å². The van der Waals surface area contributed by atoms with E-state index in [1.807, 2.05) is 6.08 Å². The van der Waals surface area contributed by atoms with Crippen molar-refractivity contribution < 1.29 is 0 Å². The Kier molecular flexibility index (Phi) is 6.80. The highest BCUT2D eigenvalue weighted by molar-refractivity contribution is 9.10. The maximum Gasteiger partial charge on any atom is 0.0372 e.